The van der Waals surface area contributed by atoms with Crippen LogP contribution in [0.25, 0.3) is 0 Å². The second-order valence-electron chi connectivity index (χ2n) is 6.31. The summed E-state index contributed by atoms with van der Waals surface area (Å²) in [6.07, 6.45) is 3.40. The molecule has 1 atom stereocenters. The van der Waals surface area contributed by atoms with Gasteiger partial charge < -0.3 is 14.5 Å². The highest BCUT2D eigenvalue weighted by Crippen LogP contribution is 2.19. The number of hydrogen-bond donors (Lipinski definition) is 0. The van der Waals surface area contributed by atoms with Gasteiger partial charge in [-0.25, -0.2) is 13.2 Å². The molecule has 1 aromatic rings. The number of esters is 1. The predicted octanol–water partition coefficient (Wildman–Crippen LogP) is 1.47. The molecule has 2 heterocycles. The Bertz CT molecular complexity index is 967. The molecule has 148 valence electrons. The number of ether oxygens (including phenoxy) is 1. The number of carbonyl (C=O) groups excluding carboxylic acids is 2. The summed E-state index contributed by atoms with van der Waals surface area (Å²) in [6, 6.07) is 9.15. The maximum atomic E-state index is 12.7. The first-order valence-electron chi connectivity index (χ1n) is 8.87. The Morgan fingerprint density at radius 3 is 2.64 bits per heavy atom. The minimum absolute atomic E-state index is 0.124. The van der Waals surface area contributed by atoms with Crippen LogP contribution in [0.15, 0.2) is 58.7 Å². The van der Waals surface area contributed by atoms with Gasteiger partial charge >= 0.3 is 5.97 Å². The molecule has 0 radical (unpaired) electrons. The van der Waals surface area contributed by atoms with Crippen molar-refractivity contribution in [3.05, 3.63) is 54.3 Å². The van der Waals surface area contributed by atoms with Crippen LogP contribution in [0.5, 0.6) is 0 Å². The number of anilines is 1. The molecule has 0 saturated heterocycles. The summed E-state index contributed by atoms with van der Waals surface area (Å²) in [5, 5.41) is 0. The largest absolute Gasteiger partial charge is 0.449 e. The van der Waals surface area contributed by atoms with Crippen LogP contribution in [0.1, 0.15) is 13.8 Å². The minimum Gasteiger partial charge on any atom is -0.449 e. The van der Waals surface area contributed by atoms with Crippen molar-refractivity contribution in [2.24, 2.45) is 4.40 Å². The number of para-hydroxylation sites is 1. The molecule has 2 aliphatic rings. The molecule has 0 unspecified atom stereocenters. The van der Waals surface area contributed by atoms with Crippen LogP contribution in [0.2, 0.25) is 0 Å². The Kier molecular flexibility index (Phi) is 5.64. The molecule has 0 aliphatic carbocycles. The predicted molar refractivity (Wildman–Crippen MR) is 105 cm³/mol. The van der Waals surface area contributed by atoms with E-state index in [0.29, 0.717) is 6.54 Å². The average Bonchev–Trinajstić information content (AvgIpc) is 2.68. The summed E-state index contributed by atoms with van der Waals surface area (Å²) < 4.78 is 32.1. The zero-order valence-corrected chi connectivity index (χ0v) is 16.4. The van der Waals surface area contributed by atoms with Gasteiger partial charge in [0.2, 0.25) is 0 Å². The highest BCUT2D eigenvalue weighted by molar-refractivity contribution is 7.90. The lowest BCUT2D eigenvalue weighted by Crippen LogP contribution is -2.41. The molecule has 9 heteroatoms. The third-order valence-electron chi connectivity index (χ3n) is 4.34. The van der Waals surface area contributed by atoms with E-state index in [2.05, 4.69) is 4.40 Å². The van der Waals surface area contributed by atoms with Crippen molar-refractivity contribution in [2.75, 3.05) is 23.7 Å². The molecule has 0 N–H and O–H groups in total. The number of rotatable bonds is 5. The fourth-order valence-corrected chi connectivity index (χ4v) is 3.86. The molecular weight excluding hydrogens is 382 g/mol. The van der Waals surface area contributed by atoms with Gasteiger partial charge in [0.15, 0.2) is 6.10 Å². The van der Waals surface area contributed by atoms with E-state index in [4.69, 9.17) is 4.74 Å². The average molecular weight is 403 g/mol. The van der Waals surface area contributed by atoms with E-state index >= 15 is 0 Å². The van der Waals surface area contributed by atoms with Gasteiger partial charge in [0, 0.05) is 25.0 Å². The quantitative estimate of drug-likeness (QED) is 0.691. The lowest BCUT2D eigenvalue weighted by Gasteiger charge is -2.27. The first kappa shape index (κ1) is 19.8. The molecule has 0 fully saturated rings. The number of fused-ring (bicyclic) bond motifs is 1. The highest BCUT2D eigenvalue weighted by Gasteiger charge is 2.28. The van der Waals surface area contributed by atoms with Crippen LogP contribution in [-0.2, 0) is 24.3 Å². The van der Waals surface area contributed by atoms with E-state index in [1.54, 1.807) is 9.80 Å². The standard InChI is InChI=1S/C19H21N3O5S/c1-3-22(16-7-5-4-6-8-16)18(23)14(2)27-19(24)15-9-10-17-20-28(25,26)12-11-21(17)13-15/h4-10,13-14H,3,11-12H2,1-2H3/t14-/m1/s1. The third-order valence-corrected chi connectivity index (χ3v) is 5.51. The first-order valence-corrected chi connectivity index (χ1v) is 10.5. The van der Waals surface area contributed by atoms with Crippen LogP contribution in [0, 0.1) is 0 Å². The van der Waals surface area contributed by atoms with E-state index in [0.717, 1.165) is 5.69 Å². The number of nitrogens with zero attached hydrogens (tertiary/aromatic N) is 3. The number of benzene rings is 1. The van der Waals surface area contributed by atoms with E-state index in [1.165, 1.54) is 25.3 Å². The maximum absolute atomic E-state index is 12.7. The maximum Gasteiger partial charge on any atom is 0.340 e. The SMILES string of the molecule is CCN(C(=O)[C@@H](C)OC(=O)C1=CN2CCS(=O)(=O)N=C2C=C1)c1ccccc1. The molecule has 0 bridgehead atoms. The molecular formula is C19H21N3O5S. The van der Waals surface area contributed by atoms with Gasteiger partial charge in [-0.2, -0.15) is 0 Å². The van der Waals surface area contributed by atoms with Gasteiger partial charge in [-0.1, -0.05) is 18.2 Å². The summed E-state index contributed by atoms with van der Waals surface area (Å²) in [5.74, 6) is -0.851. The Labute approximate surface area is 163 Å². The number of hydrogen-bond acceptors (Lipinski definition) is 6. The number of carbonyl (C=O) groups is 2. The van der Waals surface area contributed by atoms with Gasteiger partial charge in [-0.05, 0) is 38.1 Å². The van der Waals surface area contributed by atoms with Crippen LogP contribution < -0.4 is 4.90 Å². The fourth-order valence-electron chi connectivity index (χ4n) is 2.89. The molecule has 2 aliphatic heterocycles. The van der Waals surface area contributed by atoms with Crippen molar-refractivity contribution in [3.8, 4) is 0 Å². The van der Waals surface area contributed by atoms with Crippen molar-refractivity contribution in [2.45, 2.75) is 20.0 Å². The molecule has 0 saturated carbocycles. The lowest BCUT2D eigenvalue weighted by molar-refractivity contribution is -0.149. The lowest BCUT2D eigenvalue weighted by atomic mass is 10.2. The van der Waals surface area contributed by atoms with Crippen molar-refractivity contribution in [1.82, 2.24) is 4.90 Å². The highest BCUT2D eigenvalue weighted by atomic mass is 32.2. The smallest absolute Gasteiger partial charge is 0.340 e. The van der Waals surface area contributed by atoms with Crippen LogP contribution in [-0.4, -0.2) is 56.0 Å². The molecule has 28 heavy (non-hydrogen) atoms. The summed E-state index contributed by atoms with van der Waals surface area (Å²) in [5.41, 5.74) is 0.950. The topological polar surface area (TPSA) is 96.4 Å². The Morgan fingerprint density at radius 2 is 1.96 bits per heavy atom. The summed E-state index contributed by atoms with van der Waals surface area (Å²) in [6.45, 7) is 4.01. The molecule has 1 amide bonds. The number of amidine groups is 1. The molecule has 8 nitrogen and oxygen atoms in total. The van der Waals surface area contributed by atoms with Gasteiger partial charge in [0.1, 0.15) is 5.84 Å². The van der Waals surface area contributed by atoms with Crippen molar-refractivity contribution < 1.29 is 22.7 Å². The monoisotopic (exact) mass is 403 g/mol. The van der Waals surface area contributed by atoms with Crippen LogP contribution >= 0.6 is 0 Å². The van der Waals surface area contributed by atoms with Gasteiger partial charge in [-0.3, -0.25) is 4.79 Å². The van der Waals surface area contributed by atoms with Crippen LogP contribution in [0.3, 0.4) is 0 Å². The first-order chi connectivity index (χ1) is 13.3. The number of amides is 1. The van der Waals surface area contributed by atoms with E-state index < -0.39 is 22.1 Å². The van der Waals surface area contributed by atoms with Gasteiger partial charge in [0.05, 0.1) is 11.3 Å². The third kappa shape index (κ3) is 4.30. The molecule has 0 aromatic heterocycles. The molecule has 0 spiro atoms. The Morgan fingerprint density at radius 1 is 1.25 bits per heavy atom. The number of sulfonamides is 1. The zero-order valence-electron chi connectivity index (χ0n) is 15.6. The molecule has 3 rings (SSSR count). The van der Waals surface area contributed by atoms with Gasteiger partial charge in [0.25, 0.3) is 15.9 Å². The van der Waals surface area contributed by atoms with E-state index in [1.807, 2.05) is 37.3 Å². The summed E-state index contributed by atoms with van der Waals surface area (Å²) in [4.78, 5) is 28.3. The van der Waals surface area contributed by atoms with Crippen molar-refractivity contribution in [1.29, 1.82) is 0 Å². The zero-order chi connectivity index (χ0) is 20.3. The van der Waals surface area contributed by atoms with Gasteiger partial charge in [-0.15, -0.1) is 4.40 Å². The van der Waals surface area contributed by atoms with E-state index in [9.17, 15) is 18.0 Å². The molecule has 1 aromatic carbocycles. The number of likely N-dealkylation sites (N-methyl/N-ethyl adjacent to an activating group) is 1. The summed E-state index contributed by atoms with van der Waals surface area (Å²) in [7, 11) is -3.46. The normalized spacial score (nSPS) is 18.4. The minimum atomic E-state index is -3.46. The Balaban J connectivity index is 1.69. The van der Waals surface area contributed by atoms with Crippen molar-refractivity contribution >= 4 is 33.4 Å². The van der Waals surface area contributed by atoms with E-state index in [-0.39, 0.29) is 29.6 Å². The fraction of sp³-hybridized carbons (Fsp3) is 0.316. The second-order valence-corrected chi connectivity index (χ2v) is 8.07. The second kappa shape index (κ2) is 7.97. The van der Waals surface area contributed by atoms with Crippen molar-refractivity contribution in [3.63, 3.8) is 0 Å². The Hall–Kier alpha value is -2.94. The van der Waals surface area contributed by atoms with Crippen LogP contribution in [0.4, 0.5) is 5.69 Å². The summed E-state index contributed by atoms with van der Waals surface area (Å²) >= 11 is 0.